The zero-order valence-electron chi connectivity index (χ0n) is 11.3. The number of ether oxygens (including phenoxy) is 1. The number of hydrogen-bond acceptors (Lipinski definition) is 2. The number of benzene rings is 1. The van der Waals surface area contributed by atoms with Gasteiger partial charge in [0.1, 0.15) is 7.28 Å². The van der Waals surface area contributed by atoms with Crippen LogP contribution in [0.15, 0.2) is 24.3 Å². The Labute approximate surface area is 110 Å². The molecule has 1 aromatic rings. The molecule has 1 saturated heterocycles. The normalized spacial score (nSPS) is 28.4. The van der Waals surface area contributed by atoms with Gasteiger partial charge in [-0.2, -0.15) is 0 Å². The van der Waals surface area contributed by atoms with Gasteiger partial charge < -0.3 is 4.74 Å². The number of esters is 1. The van der Waals surface area contributed by atoms with Gasteiger partial charge in [-0.15, -0.1) is 0 Å². The van der Waals surface area contributed by atoms with Crippen molar-refractivity contribution in [3.63, 3.8) is 0 Å². The van der Waals surface area contributed by atoms with Gasteiger partial charge in [0, 0.05) is 5.92 Å². The summed E-state index contributed by atoms with van der Waals surface area (Å²) >= 11 is 0. The Morgan fingerprint density at radius 1 is 1.28 bits per heavy atom. The van der Waals surface area contributed by atoms with Crippen LogP contribution in [0.25, 0.3) is 0 Å². The molecular weight excluding hydrogens is 223 g/mol. The van der Waals surface area contributed by atoms with Crippen LogP contribution in [-0.4, -0.2) is 19.9 Å². The smallest absolute Gasteiger partial charge is 0.309 e. The Morgan fingerprint density at radius 3 is 2.72 bits per heavy atom. The molecule has 3 atom stereocenters. The summed E-state index contributed by atoms with van der Waals surface area (Å²) in [5.41, 5.74) is 2.69. The van der Waals surface area contributed by atoms with Crippen LogP contribution in [0.3, 0.4) is 0 Å². The van der Waals surface area contributed by atoms with Crippen molar-refractivity contribution in [1.82, 2.24) is 0 Å². The van der Waals surface area contributed by atoms with Crippen LogP contribution in [-0.2, 0) is 16.0 Å². The molecule has 2 nitrogen and oxygen atoms in total. The molecule has 0 aromatic heterocycles. The zero-order valence-corrected chi connectivity index (χ0v) is 11.3. The van der Waals surface area contributed by atoms with E-state index in [0.29, 0.717) is 18.3 Å². The lowest BCUT2D eigenvalue weighted by Gasteiger charge is -2.32. The standard InChI is InChI=1S/C13H14BO2.C2H6/c1-14-12-9-5-3-2-4-8(9)6-10-11(12)7-16-13(10)15;1-2/h2-5,10-12H,6-7H2,1H3;1-2H3/t10-,11-,12?;/m0./s1. The molecule has 3 rings (SSSR count). The van der Waals surface area contributed by atoms with E-state index < -0.39 is 0 Å². The monoisotopic (exact) mass is 243 g/mol. The molecule has 0 saturated carbocycles. The van der Waals surface area contributed by atoms with E-state index in [-0.39, 0.29) is 11.9 Å². The SMILES string of the molecule is CC.C[B]C1c2ccccc2C[C@@H]2C(=O)OC[C@H]12. The molecule has 1 radical (unpaired) electrons. The van der Waals surface area contributed by atoms with Crippen LogP contribution in [0.4, 0.5) is 0 Å². The molecule has 1 aliphatic heterocycles. The quantitative estimate of drug-likeness (QED) is 0.560. The first-order chi connectivity index (χ1) is 8.81. The Balaban J connectivity index is 0.000000574. The van der Waals surface area contributed by atoms with Gasteiger partial charge in [-0.1, -0.05) is 44.9 Å². The highest BCUT2D eigenvalue weighted by Gasteiger charge is 2.44. The topological polar surface area (TPSA) is 26.3 Å². The lowest BCUT2D eigenvalue weighted by molar-refractivity contribution is -0.141. The van der Waals surface area contributed by atoms with Crippen molar-refractivity contribution in [1.29, 1.82) is 0 Å². The number of hydrogen-bond donors (Lipinski definition) is 0. The number of carbonyl (C=O) groups excluding carboxylic acids is 1. The second-order valence-electron chi connectivity index (χ2n) is 4.66. The van der Waals surface area contributed by atoms with Gasteiger partial charge in [-0.25, -0.2) is 0 Å². The van der Waals surface area contributed by atoms with Gasteiger partial charge in [0.05, 0.1) is 12.5 Å². The molecule has 1 unspecified atom stereocenters. The molecule has 0 amide bonds. The van der Waals surface area contributed by atoms with Crippen molar-refractivity contribution in [3.8, 4) is 0 Å². The van der Waals surface area contributed by atoms with Crippen LogP contribution in [0, 0.1) is 11.8 Å². The van der Waals surface area contributed by atoms with E-state index >= 15 is 0 Å². The fraction of sp³-hybridized carbons (Fsp3) is 0.533. The largest absolute Gasteiger partial charge is 0.465 e. The van der Waals surface area contributed by atoms with Gasteiger partial charge in [0.25, 0.3) is 0 Å². The third-order valence-corrected chi connectivity index (χ3v) is 3.91. The summed E-state index contributed by atoms with van der Waals surface area (Å²) in [6, 6.07) is 8.44. The maximum atomic E-state index is 11.6. The lowest BCUT2D eigenvalue weighted by Crippen LogP contribution is -2.32. The van der Waals surface area contributed by atoms with Crippen molar-refractivity contribution < 1.29 is 9.53 Å². The fourth-order valence-electron chi connectivity index (χ4n) is 3.10. The molecule has 0 spiro atoms. The van der Waals surface area contributed by atoms with Crippen LogP contribution in [0.1, 0.15) is 30.8 Å². The van der Waals surface area contributed by atoms with Crippen molar-refractivity contribution in [2.75, 3.05) is 6.61 Å². The molecular formula is C15H20BO2. The van der Waals surface area contributed by atoms with E-state index in [9.17, 15) is 4.79 Å². The van der Waals surface area contributed by atoms with E-state index in [1.54, 1.807) is 0 Å². The maximum Gasteiger partial charge on any atom is 0.309 e. The van der Waals surface area contributed by atoms with Gasteiger partial charge in [0.15, 0.2) is 0 Å². The van der Waals surface area contributed by atoms with Crippen molar-refractivity contribution in [2.45, 2.75) is 32.9 Å². The molecule has 0 bridgehead atoms. The Kier molecular flexibility index (Phi) is 4.10. The van der Waals surface area contributed by atoms with E-state index in [1.165, 1.54) is 11.1 Å². The van der Waals surface area contributed by atoms with Crippen molar-refractivity contribution in [2.24, 2.45) is 11.8 Å². The van der Waals surface area contributed by atoms with E-state index in [1.807, 2.05) is 19.9 Å². The van der Waals surface area contributed by atoms with Crippen molar-refractivity contribution in [3.05, 3.63) is 35.4 Å². The van der Waals surface area contributed by atoms with Gasteiger partial charge >= 0.3 is 5.97 Å². The first-order valence-corrected chi connectivity index (χ1v) is 6.85. The summed E-state index contributed by atoms with van der Waals surface area (Å²) in [7, 11) is 2.21. The molecule has 1 fully saturated rings. The van der Waals surface area contributed by atoms with Crippen LogP contribution >= 0.6 is 0 Å². The summed E-state index contributed by atoms with van der Waals surface area (Å²) < 4.78 is 5.20. The molecule has 3 heteroatoms. The van der Waals surface area contributed by atoms with Crippen LogP contribution < -0.4 is 0 Å². The molecule has 1 heterocycles. The van der Waals surface area contributed by atoms with Gasteiger partial charge in [-0.3, -0.25) is 4.79 Å². The van der Waals surface area contributed by atoms with Crippen LogP contribution in [0.2, 0.25) is 6.82 Å². The highest BCUT2D eigenvalue weighted by molar-refractivity contribution is 6.36. The predicted octanol–water partition coefficient (Wildman–Crippen LogP) is 2.85. The minimum atomic E-state index is -0.00801. The van der Waals surface area contributed by atoms with Crippen LogP contribution in [0.5, 0.6) is 0 Å². The summed E-state index contributed by atoms with van der Waals surface area (Å²) in [5.74, 6) is 0.802. The average molecular weight is 243 g/mol. The molecule has 0 N–H and O–H groups in total. The second-order valence-corrected chi connectivity index (χ2v) is 4.66. The second kappa shape index (κ2) is 5.60. The number of rotatable bonds is 1. The average Bonchev–Trinajstić information content (AvgIpc) is 2.80. The molecule has 1 aromatic carbocycles. The number of fused-ring (bicyclic) bond motifs is 2. The lowest BCUT2D eigenvalue weighted by atomic mass is 9.53. The Hall–Kier alpha value is -1.25. The third kappa shape index (κ3) is 2.07. The first kappa shape index (κ1) is 13.2. The molecule has 18 heavy (non-hydrogen) atoms. The van der Waals surface area contributed by atoms with E-state index in [0.717, 1.165) is 6.42 Å². The highest BCUT2D eigenvalue weighted by atomic mass is 16.5. The minimum absolute atomic E-state index is 0.00801. The molecule has 95 valence electrons. The summed E-state index contributed by atoms with van der Waals surface area (Å²) in [6.45, 7) is 6.67. The third-order valence-electron chi connectivity index (χ3n) is 3.91. The maximum absolute atomic E-state index is 11.6. The number of cyclic esters (lactones) is 1. The van der Waals surface area contributed by atoms with Gasteiger partial charge in [0.2, 0.25) is 0 Å². The predicted molar refractivity (Wildman–Crippen MR) is 73.8 cm³/mol. The minimum Gasteiger partial charge on any atom is -0.465 e. The summed E-state index contributed by atoms with van der Waals surface area (Å²) in [4.78, 5) is 11.6. The Morgan fingerprint density at radius 2 is 2.00 bits per heavy atom. The summed E-state index contributed by atoms with van der Waals surface area (Å²) in [6.07, 6.45) is 0.851. The summed E-state index contributed by atoms with van der Waals surface area (Å²) in [5, 5.41) is 0. The highest BCUT2D eigenvalue weighted by Crippen LogP contribution is 2.42. The number of carbonyl (C=O) groups is 1. The van der Waals surface area contributed by atoms with E-state index in [4.69, 9.17) is 4.74 Å². The Bertz CT molecular complexity index is 430. The molecule has 1 aliphatic carbocycles. The molecule has 2 aliphatic rings. The zero-order chi connectivity index (χ0) is 13.1. The van der Waals surface area contributed by atoms with E-state index in [2.05, 4.69) is 32.3 Å². The van der Waals surface area contributed by atoms with Crippen molar-refractivity contribution >= 4 is 13.2 Å². The fourth-order valence-corrected chi connectivity index (χ4v) is 3.10. The van der Waals surface area contributed by atoms with Gasteiger partial charge in [-0.05, 0) is 23.4 Å². The first-order valence-electron chi connectivity index (χ1n) is 6.85.